The second-order valence-corrected chi connectivity index (χ2v) is 6.00. The van der Waals surface area contributed by atoms with Crippen LogP contribution in [0, 0.1) is 5.41 Å². The number of benzene rings is 1. The molecule has 4 heteroatoms. The number of aliphatic hydroxyl groups excluding tert-OH is 2. The van der Waals surface area contributed by atoms with Gasteiger partial charge in [0.15, 0.2) is 0 Å². The average molecular weight is 280 g/mol. The Kier molecular flexibility index (Phi) is 6.17. The number of rotatable bonds is 6. The number of aliphatic hydroxyl groups is 2. The number of ether oxygens (including phenoxy) is 1. The number of hydrogen-bond donors (Lipinski definition) is 2. The minimum Gasteiger partial charge on any atom is -0.465 e. The molecule has 2 atom stereocenters. The van der Waals surface area contributed by atoms with Gasteiger partial charge in [-0.2, -0.15) is 0 Å². The van der Waals surface area contributed by atoms with Crippen LogP contribution in [0.3, 0.4) is 0 Å². The molecule has 0 saturated heterocycles. The first-order valence-electron chi connectivity index (χ1n) is 6.88. The maximum absolute atomic E-state index is 11.5. The summed E-state index contributed by atoms with van der Waals surface area (Å²) in [4.78, 5) is 11.5. The van der Waals surface area contributed by atoms with E-state index in [1.165, 1.54) is 0 Å². The summed E-state index contributed by atoms with van der Waals surface area (Å²) in [6.45, 7) is 5.44. The van der Waals surface area contributed by atoms with E-state index in [1.54, 1.807) is 20.8 Å². The van der Waals surface area contributed by atoms with Gasteiger partial charge in [0.05, 0.1) is 24.2 Å². The third kappa shape index (κ3) is 5.72. The van der Waals surface area contributed by atoms with Gasteiger partial charge in [0.1, 0.15) is 0 Å². The van der Waals surface area contributed by atoms with Crippen LogP contribution >= 0.6 is 0 Å². The molecule has 0 aliphatic heterocycles. The summed E-state index contributed by atoms with van der Waals surface area (Å²) in [5.74, 6) is -0.303. The second kappa shape index (κ2) is 7.41. The average Bonchev–Trinajstić information content (AvgIpc) is 2.38. The van der Waals surface area contributed by atoms with Crippen LogP contribution in [0.25, 0.3) is 0 Å². The molecule has 20 heavy (non-hydrogen) atoms. The van der Waals surface area contributed by atoms with Crippen LogP contribution in [0.15, 0.2) is 30.3 Å². The van der Waals surface area contributed by atoms with Gasteiger partial charge in [-0.05, 0) is 26.3 Å². The van der Waals surface area contributed by atoms with Crippen molar-refractivity contribution in [3.8, 4) is 0 Å². The number of carbonyl (C=O) groups excluding carboxylic acids is 1. The third-order valence-corrected chi connectivity index (χ3v) is 2.99. The molecular weight excluding hydrogens is 256 g/mol. The number of hydrogen-bond acceptors (Lipinski definition) is 4. The van der Waals surface area contributed by atoms with Crippen LogP contribution < -0.4 is 0 Å². The van der Waals surface area contributed by atoms with Gasteiger partial charge in [0.2, 0.25) is 0 Å². The highest BCUT2D eigenvalue weighted by molar-refractivity contribution is 5.75. The van der Waals surface area contributed by atoms with E-state index >= 15 is 0 Å². The van der Waals surface area contributed by atoms with E-state index in [1.807, 2.05) is 30.3 Å². The molecule has 1 rings (SSSR count). The van der Waals surface area contributed by atoms with E-state index in [0.29, 0.717) is 6.42 Å². The summed E-state index contributed by atoms with van der Waals surface area (Å²) in [7, 11) is 0. The smallest absolute Gasteiger partial charge is 0.311 e. The Morgan fingerprint density at radius 2 is 1.75 bits per heavy atom. The van der Waals surface area contributed by atoms with E-state index in [9.17, 15) is 15.0 Å². The Labute approximate surface area is 120 Å². The van der Waals surface area contributed by atoms with Gasteiger partial charge in [-0.1, -0.05) is 30.3 Å². The SMILES string of the molecule is CC(C)(C)C(=O)OCC[C@@H](O)[C@H](O)Cc1ccccc1. The van der Waals surface area contributed by atoms with Crippen molar-refractivity contribution in [1.82, 2.24) is 0 Å². The van der Waals surface area contributed by atoms with Crippen LogP contribution in [-0.4, -0.2) is 35.0 Å². The lowest BCUT2D eigenvalue weighted by atomic mass is 9.97. The first kappa shape index (κ1) is 16.7. The van der Waals surface area contributed by atoms with E-state index < -0.39 is 17.6 Å². The Hall–Kier alpha value is -1.39. The molecule has 0 bridgehead atoms. The zero-order valence-corrected chi connectivity index (χ0v) is 12.4. The third-order valence-electron chi connectivity index (χ3n) is 2.99. The highest BCUT2D eigenvalue weighted by Gasteiger charge is 2.24. The van der Waals surface area contributed by atoms with Gasteiger partial charge in [0, 0.05) is 12.8 Å². The van der Waals surface area contributed by atoms with Crippen molar-refractivity contribution in [3.05, 3.63) is 35.9 Å². The monoisotopic (exact) mass is 280 g/mol. The largest absolute Gasteiger partial charge is 0.465 e. The molecular formula is C16H24O4. The molecule has 4 nitrogen and oxygen atoms in total. The topological polar surface area (TPSA) is 66.8 Å². The fraction of sp³-hybridized carbons (Fsp3) is 0.562. The van der Waals surface area contributed by atoms with Crippen molar-refractivity contribution in [2.75, 3.05) is 6.61 Å². The lowest BCUT2D eigenvalue weighted by Crippen LogP contribution is -2.30. The summed E-state index contributed by atoms with van der Waals surface area (Å²) >= 11 is 0. The lowest BCUT2D eigenvalue weighted by molar-refractivity contribution is -0.154. The van der Waals surface area contributed by atoms with Crippen LogP contribution in [0.4, 0.5) is 0 Å². The molecule has 0 aliphatic rings. The zero-order chi connectivity index (χ0) is 15.2. The number of carbonyl (C=O) groups is 1. The Morgan fingerprint density at radius 1 is 1.15 bits per heavy atom. The fourth-order valence-corrected chi connectivity index (χ4v) is 1.67. The highest BCUT2D eigenvalue weighted by Crippen LogP contribution is 2.15. The summed E-state index contributed by atoms with van der Waals surface area (Å²) in [6, 6.07) is 9.47. The van der Waals surface area contributed by atoms with Gasteiger partial charge in [-0.25, -0.2) is 0 Å². The molecule has 1 aromatic rings. The quantitative estimate of drug-likeness (QED) is 0.781. The minimum absolute atomic E-state index is 0.114. The van der Waals surface area contributed by atoms with Crippen molar-refractivity contribution in [1.29, 1.82) is 0 Å². The molecule has 0 fully saturated rings. The Morgan fingerprint density at radius 3 is 2.30 bits per heavy atom. The predicted molar refractivity (Wildman–Crippen MR) is 77.2 cm³/mol. The van der Waals surface area contributed by atoms with Crippen molar-refractivity contribution < 1.29 is 19.7 Å². The van der Waals surface area contributed by atoms with Crippen molar-refractivity contribution in [3.63, 3.8) is 0 Å². The van der Waals surface area contributed by atoms with E-state index in [4.69, 9.17) is 4.74 Å². The molecule has 0 aromatic heterocycles. The van der Waals surface area contributed by atoms with Gasteiger partial charge < -0.3 is 14.9 Å². The van der Waals surface area contributed by atoms with Crippen molar-refractivity contribution >= 4 is 5.97 Å². The molecule has 0 radical (unpaired) electrons. The summed E-state index contributed by atoms with van der Waals surface area (Å²) in [5.41, 5.74) is 0.416. The molecule has 0 unspecified atom stereocenters. The van der Waals surface area contributed by atoms with Crippen molar-refractivity contribution in [2.45, 2.75) is 45.8 Å². The molecule has 0 amide bonds. The first-order chi connectivity index (χ1) is 9.30. The molecule has 0 aliphatic carbocycles. The first-order valence-corrected chi connectivity index (χ1v) is 6.88. The summed E-state index contributed by atoms with van der Waals surface area (Å²) in [6.07, 6.45) is -1.14. The zero-order valence-electron chi connectivity index (χ0n) is 12.4. The summed E-state index contributed by atoms with van der Waals surface area (Å²) < 4.78 is 5.07. The van der Waals surface area contributed by atoms with Gasteiger partial charge >= 0.3 is 5.97 Å². The van der Waals surface area contributed by atoms with Gasteiger partial charge in [0.25, 0.3) is 0 Å². The normalized spacial score (nSPS) is 14.7. The predicted octanol–water partition coefficient (Wildman–Crippen LogP) is 1.93. The van der Waals surface area contributed by atoms with Crippen LogP contribution in [0.1, 0.15) is 32.8 Å². The minimum atomic E-state index is -0.900. The molecule has 2 N–H and O–H groups in total. The van der Waals surface area contributed by atoms with Crippen LogP contribution in [-0.2, 0) is 16.0 Å². The molecule has 0 heterocycles. The Balaban J connectivity index is 2.32. The number of esters is 1. The van der Waals surface area contributed by atoms with Gasteiger partial charge in [-0.15, -0.1) is 0 Å². The highest BCUT2D eigenvalue weighted by atomic mass is 16.5. The second-order valence-electron chi connectivity index (χ2n) is 6.00. The van der Waals surface area contributed by atoms with Crippen LogP contribution in [0.5, 0.6) is 0 Å². The summed E-state index contributed by atoms with van der Waals surface area (Å²) in [5, 5.41) is 19.8. The Bertz CT molecular complexity index is 408. The molecule has 0 saturated carbocycles. The van der Waals surface area contributed by atoms with E-state index in [0.717, 1.165) is 5.56 Å². The lowest BCUT2D eigenvalue weighted by Gasteiger charge is -2.20. The maximum atomic E-state index is 11.5. The molecule has 0 spiro atoms. The van der Waals surface area contributed by atoms with E-state index in [-0.39, 0.29) is 19.0 Å². The van der Waals surface area contributed by atoms with Crippen molar-refractivity contribution in [2.24, 2.45) is 5.41 Å². The standard InChI is InChI=1S/C16H24O4/c1-16(2,3)15(19)20-10-9-13(17)14(18)11-12-7-5-4-6-8-12/h4-8,13-14,17-18H,9-11H2,1-3H3/t13-,14-/m1/s1. The van der Waals surface area contributed by atoms with Gasteiger partial charge in [-0.3, -0.25) is 4.79 Å². The van der Waals surface area contributed by atoms with E-state index in [2.05, 4.69) is 0 Å². The van der Waals surface area contributed by atoms with Crippen LogP contribution in [0.2, 0.25) is 0 Å². The molecule has 112 valence electrons. The maximum Gasteiger partial charge on any atom is 0.311 e. The molecule has 1 aromatic carbocycles. The fourth-order valence-electron chi connectivity index (χ4n) is 1.67.